The third kappa shape index (κ3) is 5.60. The Morgan fingerprint density at radius 2 is 1.88 bits per heavy atom. The maximum absolute atomic E-state index is 12.6. The fourth-order valence-corrected chi connectivity index (χ4v) is 3.44. The molecule has 0 aliphatic carbocycles. The Bertz CT molecular complexity index is 561. The molecule has 0 unspecified atom stereocenters. The lowest BCUT2D eigenvalue weighted by Crippen LogP contribution is -2.44. The third-order valence-electron chi connectivity index (χ3n) is 5.01. The van der Waals surface area contributed by atoms with Gasteiger partial charge in [0.15, 0.2) is 0 Å². The molecule has 1 fully saturated rings. The van der Waals surface area contributed by atoms with Gasteiger partial charge in [-0.1, -0.05) is 24.3 Å². The second-order valence-electron chi connectivity index (χ2n) is 7.00. The highest BCUT2D eigenvalue weighted by Gasteiger charge is 2.27. The van der Waals surface area contributed by atoms with Crippen molar-refractivity contribution in [2.75, 3.05) is 51.7 Å². The lowest BCUT2D eigenvalue weighted by atomic mass is 9.96. The van der Waals surface area contributed by atoms with Gasteiger partial charge in [-0.05, 0) is 50.9 Å². The number of amides is 1. The molecule has 1 amide bonds. The molecule has 138 valence electrons. The summed E-state index contributed by atoms with van der Waals surface area (Å²) in [6.07, 6.45) is 6.54. The van der Waals surface area contributed by atoms with Gasteiger partial charge < -0.3 is 9.80 Å². The van der Waals surface area contributed by atoms with E-state index in [1.807, 2.05) is 4.90 Å². The molecule has 2 rings (SSSR count). The van der Waals surface area contributed by atoms with E-state index in [0.29, 0.717) is 5.91 Å². The van der Waals surface area contributed by atoms with Gasteiger partial charge in [-0.2, -0.15) is 0 Å². The van der Waals surface area contributed by atoms with Crippen LogP contribution in [0.3, 0.4) is 0 Å². The summed E-state index contributed by atoms with van der Waals surface area (Å²) in [6.45, 7) is 8.64. The van der Waals surface area contributed by atoms with Crippen molar-refractivity contribution in [1.29, 1.82) is 0 Å². The number of rotatable bonds is 7. The minimum atomic E-state index is 0.168. The zero-order valence-corrected chi connectivity index (χ0v) is 16.2. The highest BCUT2D eigenvalue weighted by Crippen LogP contribution is 2.19. The summed E-state index contributed by atoms with van der Waals surface area (Å²) in [5.41, 5.74) is 2.43. The summed E-state index contributed by atoms with van der Waals surface area (Å²) in [6, 6.07) is 8.57. The number of likely N-dealkylation sites (tertiary alicyclic amines) is 1. The number of hydrogen-bond donors (Lipinski definition) is 0. The minimum Gasteiger partial charge on any atom is -0.378 e. The van der Waals surface area contributed by atoms with Gasteiger partial charge in [0.25, 0.3) is 0 Å². The summed E-state index contributed by atoms with van der Waals surface area (Å²) in [7, 11) is 4.11. The van der Waals surface area contributed by atoms with Crippen LogP contribution in [0.25, 0.3) is 6.08 Å². The van der Waals surface area contributed by atoms with Crippen molar-refractivity contribution in [3.05, 3.63) is 35.9 Å². The van der Waals surface area contributed by atoms with Crippen LogP contribution in [0.15, 0.2) is 30.3 Å². The van der Waals surface area contributed by atoms with E-state index in [2.05, 4.69) is 74.2 Å². The normalized spacial score (nSPS) is 18.5. The number of piperidine rings is 1. The van der Waals surface area contributed by atoms with Crippen LogP contribution in [0.1, 0.15) is 32.3 Å². The summed E-state index contributed by atoms with van der Waals surface area (Å²) >= 11 is 0. The summed E-state index contributed by atoms with van der Waals surface area (Å²) in [4.78, 5) is 19.0. The zero-order valence-electron chi connectivity index (χ0n) is 16.2. The van der Waals surface area contributed by atoms with E-state index >= 15 is 0 Å². The second-order valence-corrected chi connectivity index (χ2v) is 7.00. The molecule has 1 aromatic rings. The Morgan fingerprint density at radius 1 is 1.20 bits per heavy atom. The van der Waals surface area contributed by atoms with Gasteiger partial charge in [-0.25, -0.2) is 0 Å². The van der Waals surface area contributed by atoms with E-state index < -0.39 is 0 Å². The molecule has 1 aromatic carbocycles. The largest absolute Gasteiger partial charge is 0.378 e. The minimum absolute atomic E-state index is 0.168. The van der Waals surface area contributed by atoms with Crippen LogP contribution in [0.2, 0.25) is 0 Å². The molecular formula is C21H33N3O. The maximum Gasteiger partial charge on any atom is 0.226 e. The van der Waals surface area contributed by atoms with Crippen molar-refractivity contribution in [1.82, 2.24) is 9.80 Å². The Morgan fingerprint density at radius 3 is 2.48 bits per heavy atom. The van der Waals surface area contributed by atoms with E-state index in [-0.39, 0.29) is 5.92 Å². The fraction of sp³-hybridized carbons (Fsp3) is 0.571. The molecule has 0 saturated carbocycles. The summed E-state index contributed by atoms with van der Waals surface area (Å²) < 4.78 is 0. The maximum atomic E-state index is 12.6. The molecular weight excluding hydrogens is 310 g/mol. The first-order valence-electron chi connectivity index (χ1n) is 9.50. The van der Waals surface area contributed by atoms with E-state index in [9.17, 15) is 4.79 Å². The van der Waals surface area contributed by atoms with Crippen LogP contribution in [-0.4, -0.2) is 62.5 Å². The SMILES string of the molecule is CCN(CC)C(=O)[C@H]1CCCN(C/C=C/c2ccc(N(C)C)cc2)C1. The van der Waals surface area contributed by atoms with Gasteiger partial charge in [0.05, 0.1) is 5.92 Å². The van der Waals surface area contributed by atoms with Gasteiger partial charge in [0.1, 0.15) is 0 Å². The zero-order chi connectivity index (χ0) is 18.2. The van der Waals surface area contributed by atoms with E-state index in [4.69, 9.17) is 0 Å². The number of carbonyl (C=O) groups is 1. The van der Waals surface area contributed by atoms with Crippen LogP contribution in [0.5, 0.6) is 0 Å². The number of anilines is 1. The molecule has 25 heavy (non-hydrogen) atoms. The van der Waals surface area contributed by atoms with Gasteiger partial charge in [-0.3, -0.25) is 9.69 Å². The summed E-state index contributed by atoms with van der Waals surface area (Å²) in [5.74, 6) is 0.499. The van der Waals surface area contributed by atoms with Crippen molar-refractivity contribution < 1.29 is 4.79 Å². The highest BCUT2D eigenvalue weighted by atomic mass is 16.2. The number of nitrogens with zero attached hydrogens (tertiary/aromatic N) is 3. The molecule has 4 heteroatoms. The van der Waals surface area contributed by atoms with Gasteiger partial charge in [0, 0.05) is 46.0 Å². The van der Waals surface area contributed by atoms with E-state index in [1.165, 1.54) is 11.3 Å². The molecule has 0 bridgehead atoms. The van der Waals surface area contributed by atoms with Crippen LogP contribution in [0.4, 0.5) is 5.69 Å². The molecule has 0 N–H and O–H groups in total. The average Bonchev–Trinajstić information content (AvgIpc) is 2.63. The first-order chi connectivity index (χ1) is 12.0. The molecule has 0 aromatic heterocycles. The van der Waals surface area contributed by atoms with Crippen molar-refractivity contribution in [3.63, 3.8) is 0 Å². The van der Waals surface area contributed by atoms with Crippen molar-refractivity contribution in [2.45, 2.75) is 26.7 Å². The number of hydrogen-bond acceptors (Lipinski definition) is 3. The molecule has 1 heterocycles. The molecule has 1 saturated heterocycles. The first-order valence-corrected chi connectivity index (χ1v) is 9.50. The van der Waals surface area contributed by atoms with Crippen LogP contribution in [0, 0.1) is 5.92 Å². The van der Waals surface area contributed by atoms with Crippen molar-refractivity contribution in [2.24, 2.45) is 5.92 Å². The number of benzene rings is 1. The second kappa shape index (κ2) is 9.62. The van der Waals surface area contributed by atoms with Crippen LogP contribution in [-0.2, 0) is 4.79 Å². The Balaban J connectivity index is 1.86. The Hall–Kier alpha value is -1.81. The van der Waals surface area contributed by atoms with Gasteiger partial charge in [0.2, 0.25) is 5.91 Å². The smallest absolute Gasteiger partial charge is 0.226 e. The Kier molecular flexibility index (Phi) is 7.51. The van der Waals surface area contributed by atoms with Crippen LogP contribution >= 0.6 is 0 Å². The summed E-state index contributed by atoms with van der Waals surface area (Å²) in [5, 5.41) is 0. The molecule has 0 spiro atoms. The van der Waals surface area contributed by atoms with Crippen LogP contribution < -0.4 is 4.90 Å². The number of carbonyl (C=O) groups excluding carboxylic acids is 1. The third-order valence-corrected chi connectivity index (χ3v) is 5.01. The molecule has 1 atom stereocenters. The highest BCUT2D eigenvalue weighted by molar-refractivity contribution is 5.79. The van der Waals surface area contributed by atoms with Crippen molar-refractivity contribution >= 4 is 17.7 Å². The average molecular weight is 344 g/mol. The van der Waals surface area contributed by atoms with E-state index in [0.717, 1.165) is 45.6 Å². The molecule has 0 radical (unpaired) electrons. The monoisotopic (exact) mass is 343 g/mol. The first kappa shape index (κ1) is 19.5. The van der Waals surface area contributed by atoms with Gasteiger partial charge >= 0.3 is 0 Å². The van der Waals surface area contributed by atoms with E-state index in [1.54, 1.807) is 0 Å². The predicted molar refractivity (Wildman–Crippen MR) is 107 cm³/mol. The standard InChI is InChI=1S/C21H33N3O/c1-5-24(6-2)21(25)19-10-8-16-23(17-19)15-7-9-18-11-13-20(14-12-18)22(3)4/h7,9,11-14,19H,5-6,8,10,15-17H2,1-4H3/b9-7+/t19-/m0/s1. The van der Waals surface area contributed by atoms with Gasteiger partial charge in [-0.15, -0.1) is 0 Å². The topological polar surface area (TPSA) is 26.8 Å². The lowest BCUT2D eigenvalue weighted by Gasteiger charge is -2.33. The molecule has 1 aliphatic heterocycles. The predicted octanol–water partition coefficient (Wildman–Crippen LogP) is 3.35. The molecule has 4 nitrogen and oxygen atoms in total. The lowest BCUT2D eigenvalue weighted by molar-refractivity contribution is -0.136. The molecule has 1 aliphatic rings. The quantitative estimate of drug-likeness (QED) is 0.760. The fourth-order valence-electron chi connectivity index (χ4n) is 3.44. The van der Waals surface area contributed by atoms with Crippen molar-refractivity contribution in [3.8, 4) is 0 Å². The Labute approximate surface area is 153 Å².